The largest absolute Gasteiger partial charge is 0.384 e. The molecule has 0 aliphatic carbocycles. The molecule has 0 radical (unpaired) electrons. The molecule has 0 saturated heterocycles. The Hall–Kier alpha value is -1.35. The number of benzene rings is 1. The van der Waals surface area contributed by atoms with E-state index in [0.717, 1.165) is 25.1 Å². The SMILES string of the molecule is N=C(N)c1cccc2c1CCNC2. The van der Waals surface area contributed by atoms with E-state index in [1.807, 2.05) is 12.1 Å². The van der Waals surface area contributed by atoms with Crippen molar-refractivity contribution in [3.8, 4) is 0 Å². The second-order valence-electron chi connectivity index (χ2n) is 3.28. The number of amidine groups is 1. The average molecular weight is 175 g/mol. The Kier molecular flexibility index (Phi) is 2.02. The highest BCUT2D eigenvalue weighted by atomic mass is 14.9. The maximum atomic E-state index is 7.43. The number of hydrogen-bond acceptors (Lipinski definition) is 2. The fourth-order valence-electron chi connectivity index (χ4n) is 1.78. The lowest BCUT2D eigenvalue weighted by Gasteiger charge is -2.19. The van der Waals surface area contributed by atoms with Gasteiger partial charge in [0.2, 0.25) is 0 Å². The monoisotopic (exact) mass is 175 g/mol. The van der Waals surface area contributed by atoms with Crippen molar-refractivity contribution in [3.05, 3.63) is 34.9 Å². The van der Waals surface area contributed by atoms with Gasteiger partial charge in [-0.05, 0) is 24.1 Å². The minimum atomic E-state index is 0.179. The zero-order valence-electron chi connectivity index (χ0n) is 7.43. The molecule has 0 unspecified atom stereocenters. The van der Waals surface area contributed by atoms with Crippen LogP contribution in [0.1, 0.15) is 16.7 Å². The minimum Gasteiger partial charge on any atom is -0.384 e. The summed E-state index contributed by atoms with van der Waals surface area (Å²) in [7, 11) is 0. The minimum absolute atomic E-state index is 0.179. The van der Waals surface area contributed by atoms with Crippen LogP contribution in [0.4, 0.5) is 0 Å². The van der Waals surface area contributed by atoms with E-state index in [4.69, 9.17) is 11.1 Å². The first-order chi connectivity index (χ1) is 6.29. The number of nitrogens with two attached hydrogens (primary N) is 1. The van der Waals surface area contributed by atoms with E-state index in [9.17, 15) is 0 Å². The number of nitrogens with one attached hydrogen (secondary N) is 2. The summed E-state index contributed by atoms with van der Waals surface area (Å²) in [6.07, 6.45) is 0.977. The molecule has 3 nitrogen and oxygen atoms in total. The zero-order chi connectivity index (χ0) is 9.26. The maximum Gasteiger partial charge on any atom is 0.123 e. The van der Waals surface area contributed by atoms with Crippen molar-refractivity contribution in [2.24, 2.45) is 5.73 Å². The third-order valence-corrected chi connectivity index (χ3v) is 2.43. The topological polar surface area (TPSA) is 61.9 Å². The first-order valence-electron chi connectivity index (χ1n) is 4.45. The Bertz CT molecular complexity index is 344. The van der Waals surface area contributed by atoms with E-state index in [1.165, 1.54) is 11.1 Å². The van der Waals surface area contributed by atoms with Crippen LogP contribution >= 0.6 is 0 Å². The lowest BCUT2D eigenvalue weighted by Crippen LogP contribution is -2.26. The third-order valence-electron chi connectivity index (χ3n) is 2.43. The Morgan fingerprint density at radius 1 is 1.46 bits per heavy atom. The highest BCUT2D eigenvalue weighted by molar-refractivity contribution is 5.96. The van der Waals surface area contributed by atoms with Gasteiger partial charge in [-0.25, -0.2) is 0 Å². The number of rotatable bonds is 1. The standard InChI is InChI=1S/C10H13N3/c11-10(12)9-3-1-2-7-6-13-5-4-8(7)9/h1-3,13H,4-6H2,(H3,11,12). The summed E-state index contributed by atoms with van der Waals surface area (Å²) in [6, 6.07) is 5.98. The molecular weight excluding hydrogens is 162 g/mol. The predicted molar refractivity (Wildman–Crippen MR) is 52.9 cm³/mol. The molecule has 13 heavy (non-hydrogen) atoms. The smallest absolute Gasteiger partial charge is 0.123 e. The molecule has 1 aromatic rings. The molecular formula is C10H13N3. The molecule has 0 saturated carbocycles. The van der Waals surface area contributed by atoms with Crippen LogP contribution in [0.25, 0.3) is 0 Å². The molecule has 1 aliphatic rings. The van der Waals surface area contributed by atoms with Crippen LogP contribution in [0.5, 0.6) is 0 Å². The van der Waals surface area contributed by atoms with Crippen LogP contribution in [0.3, 0.4) is 0 Å². The highest BCUT2D eigenvalue weighted by Gasteiger charge is 2.13. The summed E-state index contributed by atoms with van der Waals surface area (Å²) in [5.41, 5.74) is 8.92. The van der Waals surface area contributed by atoms with Gasteiger partial charge in [0.15, 0.2) is 0 Å². The van der Waals surface area contributed by atoms with Gasteiger partial charge in [0, 0.05) is 12.1 Å². The van der Waals surface area contributed by atoms with Crippen LogP contribution in [-0.4, -0.2) is 12.4 Å². The van der Waals surface area contributed by atoms with Crippen molar-refractivity contribution >= 4 is 5.84 Å². The van der Waals surface area contributed by atoms with E-state index in [2.05, 4.69) is 11.4 Å². The number of hydrogen-bond donors (Lipinski definition) is 3. The Morgan fingerprint density at radius 2 is 2.31 bits per heavy atom. The second-order valence-corrected chi connectivity index (χ2v) is 3.28. The van der Waals surface area contributed by atoms with Crippen LogP contribution in [0.2, 0.25) is 0 Å². The fourth-order valence-corrected chi connectivity index (χ4v) is 1.78. The Labute approximate surface area is 77.5 Å². The van der Waals surface area contributed by atoms with Gasteiger partial charge in [0.25, 0.3) is 0 Å². The normalized spacial score (nSPS) is 15.1. The summed E-state index contributed by atoms with van der Waals surface area (Å²) in [4.78, 5) is 0. The van der Waals surface area contributed by atoms with Gasteiger partial charge in [-0.1, -0.05) is 18.2 Å². The van der Waals surface area contributed by atoms with E-state index in [1.54, 1.807) is 0 Å². The third kappa shape index (κ3) is 1.42. The molecule has 0 spiro atoms. The van der Waals surface area contributed by atoms with Crippen molar-refractivity contribution < 1.29 is 0 Å². The van der Waals surface area contributed by atoms with Crippen LogP contribution in [0.15, 0.2) is 18.2 Å². The number of nitrogen functional groups attached to an aromatic ring is 1. The van der Waals surface area contributed by atoms with Gasteiger partial charge in [-0.15, -0.1) is 0 Å². The Balaban J connectivity index is 2.52. The van der Waals surface area contributed by atoms with Crippen LogP contribution < -0.4 is 11.1 Å². The molecule has 0 fully saturated rings. The Morgan fingerprint density at radius 3 is 3.08 bits per heavy atom. The van der Waals surface area contributed by atoms with Crippen molar-refractivity contribution in [2.45, 2.75) is 13.0 Å². The molecule has 0 atom stereocenters. The van der Waals surface area contributed by atoms with Gasteiger partial charge >= 0.3 is 0 Å². The molecule has 3 heteroatoms. The molecule has 0 aromatic heterocycles. The second kappa shape index (κ2) is 3.18. The van der Waals surface area contributed by atoms with Gasteiger partial charge in [-0.3, -0.25) is 5.41 Å². The summed E-state index contributed by atoms with van der Waals surface area (Å²) < 4.78 is 0. The lowest BCUT2D eigenvalue weighted by atomic mass is 9.95. The molecule has 1 heterocycles. The quantitative estimate of drug-likeness (QED) is 0.432. The summed E-state index contributed by atoms with van der Waals surface area (Å²) in [5.74, 6) is 0.179. The van der Waals surface area contributed by atoms with E-state index in [-0.39, 0.29) is 5.84 Å². The molecule has 1 aromatic carbocycles. The average Bonchev–Trinajstić information content (AvgIpc) is 2.17. The fraction of sp³-hybridized carbons (Fsp3) is 0.300. The van der Waals surface area contributed by atoms with Crippen molar-refractivity contribution in [2.75, 3.05) is 6.54 Å². The van der Waals surface area contributed by atoms with E-state index < -0.39 is 0 Å². The summed E-state index contributed by atoms with van der Waals surface area (Å²) >= 11 is 0. The van der Waals surface area contributed by atoms with Crippen LogP contribution in [0, 0.1) is 5.41 Å². The van der Waals surface area contributed by atoms with Gasteiger partial charge < -0.3 is 11.1 Å². The van der Waals surface area contributed by atoms with E-state index in [0.29, 0.717) is 0 Å². The van der Waals surface area contributed by atoms with Gasteiger partial charge in [0.1, 0.15) is 5.84 Å². The van der Waals surface area contributed by atoms with E-state index >= 15 is 0 Å². The number of fused-ring (bicyclic) bond motifs is 1. The molecule has 4 N–H and O–H groups in total. The molecule has 1 aliphatic heterocycles. The van der Waals surface area contributed by atoms with Crippen molar-refractivity contribution in [1.29, 1.82) is 5.41 Å². The molecule has 0 amide bonds. The molecule has 0 bridgehead atoms. The van der Waals surface area contributed by atoms with Crippen molar-refractivity contribution in [3.63, 3.8) is 0 Å². The lowest BCUT2D eigenvalue weighted by molar-refractivity contribution is 0.643. The maximum absolute atomic E-state index is 7.43. The molecule has 68 valence electrons. The predicted octanol–water partition coefficient (Wildman–Crippen LogP) is 0.616. The zero-order valence-corrected chi connectivity index (χ0v) is 7.43. The molecule has 2 rings (SSSR count). The summed E-state index contributed by atoms with van der Waals surface area (Å²) in [5, 5.41) is 10.7. The first kappa shape index (κ1) is 8.26. The van der Waals surface area contributed by atoms with Crippen molar-refractivity contribution in [1.82, 2.24) is 5.32 Å². The van der Waals surface area contributed by atoms with Crippen LogP contribution in [-0.2, 0) is 13.0 Å². The highest BCUT2D eigenvalue weighted by Crippen LogP contribution is 2.17. The summed E-state index contributed by atoms with van der Waals surface area (Å²) in [6.45, 7) is 1.88. The van der Waals surface area contributed by atoms with Gasteiger partial charge in [0.05, 0.1) is 0 Å². The van der Waals surface area contributed by atoms with Gasteiger partial charge in [-0.2, -0.15) is 0 Å². The first-order valence-corrected chi connectivity index (χ1v) is 4.45.